The molecule has 0 spiro atoms. The summed E-state index contributed by atoms with van der Waals surface area (Å²) in [5.41, 5.74) is 2.10. The Labute approximate surface area is 108 Å². The van der Waals surface area contributed by atoms with E-state index in [1.165, 1.54) is 0 Å². The van der Waals surface area contributed by atoms with E-state index in [2.05, 4.69) is 0 Å². The van der Waals surface area contributed by atoms with E-state index in [-0.39, 0.29) is 0 Å². The fraction of sp³-hybridized carbons (Fsp3) is 0. The van der Waals surface area contributed by atoms with Crippen molar-refractivity contribution in [2.45, 2.75) is 0 Å². The van der Waals surface area contributed by atoms with E-state index < -0.39 is 57.4 Å². The van der Waals surface area contributed by atoms with Gasteiger partial charge in [0.2, 0.25) is 5.82 Å². The summed E-state index contributed by atoms with van der Waals surface area (Å²) in [5, 5.41) is 18.1. The molecule has 2 aromatic carbocycles. The maximum atomic E-state index is 13.8. The van der Waals surface area contributed by atoms with E-state index in [9.17, 15) is 22.0 Å². The molecule has 106 valence electrons. The van der Waals surface area contributed by atoms with Gasteiger partial charge in [-0.15, -0.1) is 0 Å². The molecule has 20 heavy (non-hydrogen) atoms. The first-order valence-corrected chi connectivity index (χ1v) is 5.09. The number of phenolic OH excluding ortho intramolecular Hbond substituents is 2. The molecule has 0 bridgehead atoms. The zero-order valence-electron chi connectivity index (χ0n) is 9.52. The monoisotopic (exact) mass is 291 g/mol. The van der Waals surface area contributed by atoms with Crippen molar-refractivity contribution < 1.29 is 32.2 Å². The van der Waals surface area contributed by atoms with E-state index in [0.717, 1.165) is 6.07 Å². The smallest absolute Gasteiger partial charge is 0.206 e. The van der Waals surface area contributed by atoms with Gasteiger partial charge in [0, 0.05) is 5.56 Å². The number of benzene rings is 2. The average Bonchev–Trinajstić information content (AvgIpc) is 2.43. The minimum Gasteiger partial charge on any atom is -0.506 e. The highest BCUT2D eigenvalue weighted by molar-refractivity contribution is 5.73. The van der Waals surface area contributed by atoms with E-state index in [1.54, 1.807) is 0 Å². The lowest BCUT2D eigenvalue weighted by Crippen LogP contribution is -2.02. The van der Waals surface area contributed by atoms with Crippen LogP contribution in [0.4, 0.5) is 27.6 Å². The Balaban J connectivity index is 2.87. The van der Waals surface area contributed by atoms with Crippen LogP contribution in [0.25, 0.3) is 11.1 Å². The SMILES string of the molecule is Nc1c(O)ccc(-c2c(F)c(O)c(F)c(F)c2F)c1F. The van der Waals surface area contributed by atoms with Gasteiger partial charge in [-0.1, -0.05) is 0 Å². The maximum absolute atomic E-state index is 13.8. The van der Waals surface area contributed by atoms with Crippen molar-refractivity contribution in [1.29, 1.82) is 0 Å². The third-order valence-corrected chi connectivity index (χ3v) is 2.67. The summed E-state index contributed by atoms with van der Waals surface area (Å²) in [6, 6.07) is 1.52. The fourth-order valence-electron chi connectivity index (χ4n) is 1.63. The van der Waals surface area contributed by atoms with Crippen molar-refractivity contribution >= 4 is 5.69 Å². The van der Waals surface area contributed by atoms with E-state index in [0.29, 0.717) is 6.07 Å². The van der Waals surface area contributed by atoms with Crippen LogP contribution in [-0.2, 0) is 0 Å². The van der Waals surface area contributed by atoms with Crippen LogP contribution in [0.3, 0.4) is 0 Å². The number of hydrogen-bond acceptors (Lipinski definition) is 3. The second-order valence-corrected chi connectivity index (χ2v) is 3.84. The van der Waals surface area contributed by atoms with Crippen molar-refractivity contribution in [3.05, 3.63) is 41.2 Å². The van der Waals surface area contributed by atoms with Crippen LogP contribution in [0.15, 0.2) is 12.1 Å². The highest BCUT2D eigenvalue weighted by Crippen LogP contribution is 2.39. The molecule has 0 saturated heterocycles. The number of nitrogens with two attached hydrogens (primary N) is 1. The number of halogens is 5. The van der Waals surface area contributed by atoms with Crippen LogP contribution in [0, 0.1) is 29.1 Å². The van der Waals surface area contributed by atoms with Gasteiger partial charge in [0.15, 0.2) is 29.0 Å². The molecule has 0 amide bonds. The summed E-state index contributed by atoms with van der Waals surface area (Å²) < 4.78 is 67.0. The Morgan fingerprint density at radius 2 is 1.35 bits per heavy atom. The van der Waals surface area contributed by atoms with Crippen molar-refractivity contribution in [2.75, 3.05) is 5.73 Å². The number of anilines is 1. The van der Waals surface area contributed by atoms with Crippen molar-refractivity contribution in [3.63, 3.8) is 0 Å². The average molecular weight is 291 g/mol. The fourth-order valence-corrected chi connectivity index (χ4v) is 1.63. The molecule has 0 saturated carbocycles. The first kappa shape index (κ1) is 13.9. The zero-order valence-corrected chi connectivity index (χ0v) is 9.52. The molecule has 8 heteroatoms. The van der Waals surface area contributed by atoms with Crippen LogP contribution >= 0.6 is 0 Å². The van der Waals surface area contributed by atoms with Gasteiger partial charge in [-0.05, 0) is 12.1 Å². The normalized spacial score (nSPS) is 10.8. The maximum Gasteiger partial charge on any atom is 0.206 e. The molecule has 0 aliphatic carbocycles. The van der Waals surface area contributed by atoms with E-state index >= 15 is 0 Å². The van der Waals surface area contributed by atoms with Gasteiger partial charge in [0.05, 0.1) is 5.56 Å². The van der Waals surface area contributed by atoms with Gasteiger partial charge < -0.3 is 15.9 Å². The summed E-state index contributed by atoms with van der Waals surface area (Å²) in [6.07, 6.45) is 0. The number of nitrogen functional groups attached to an aromatic ring is 1. The molecule has 0 aromatic heterocycles. The first-order chi connectivity index (χ1) is 9.27. The van der Waals surface area contributed by atoms with Gasteiger partial charge >= 0.3 is 0 Å². The summed E-state index contributed by atoms with van der Waals surface area (Å²) in [6.45, 7) is 0. The highest BCUT2D eigenvalue weighted by Gasteiger charge is 2.28. The van der Waals surface area contributed by atoms with Crippen molar-refractivity contribution in [2.24, 2.45) is 0 Å². The van der Waals surface area contributed by atoms with Gasteiger partial charge in [0.25, 0.3) is 0 Å². The van der Waals surface area contributed by atoms with Crippen LogP contribution < -0.4 is 5.73 Å². The largest absolute Gasteiger partial charge is 0.506 e. The van der Waals surface area contributed by atoms with Crippen LogP contribution in [0.1, 0.15) is 0 Å². The first-order valence-electron chi connectivity index (χ1n) is 5.09. The molecule has 0 aliphatic rings. The number of phenols is 2. The molecule has 0 unspecified atom stereocenters. The molecule has 0 radical (unpaired) electrons. The van der Waals surface area contributed by atoms with E-state index in [1.807, 2.05) is 0 Å². The van der Waals surface area contributed by atoms with Crippen LogP contribution in [0.2, 0.25) is 0 Å². The minimum absolute atomic E-state index is 0.695. The lowest BCUT2D eigenvalue weighted by Gasteiger charge is -2.11. The summed E-state index contributed by atoms with van der Waals surface area (Å²) >= 11 is 0. The Morgan fingerprint density at radius 3 is 1.95 bits per heavy atom. The van der Waals surface area contributed by atoms with Gasteiger partial charge in [-0.25, -0.2) is 17.6 Å². The standard InChI is InChI=1S/C12H6F5NO2/c13-6-3(1-2-4(19)11(6)18)5-7(14)9(16)10(17)12(20)8(5)15/h1-2,19-20H,18H2. The van der Waals surface area contributed by atoms with Crippen molar-refractivity contribution in [1.82, 2.24) is 0 Å². The molecule has 2 rings (SSSR count). The molecule has 3 nitrogen and oxygen atoms in total. The highest BCUT2D eigenvalue weighted by atomic mass is 19.2. The molecular formula is C12H6F5NO2. The summed E-state index contributed by atoms with van der Waals surface area (Å²) in [4.78, 5) is 0. The third kappa shape index (κ3) is 1.80. The Kier molecular flexibility index (Phi) is 3.16. The Hall–Kier alpha value is -2.51. The third-order valence-electron chi connectivity index (χ3n) is 2.67. The molecular weight excluding hydrogens is 285 g/mol. The molecule has 2 aromatic rings. The Bertz CT molecular complexity index is 689. The number of aromatic hydroxyl groups is 2. The molecule has 0 heterocycles. The summed E-state index contributed by atoms with van der Waals surface area (Å²) in [5.74, 6) is -12.1. The topological polar surface area (TPSA) is 66.5 Å². The van der Waals surface area contributed by atoms with Crippen LogP contribution in [0.5, 0.6) is 11.5 Å². The number of hydrogen-bond donors (Lipinski definition) is 3. The van der Waals surface area contributed by atoms with Gasteiger partial charge in [0.1, 0.15) is 11.4 Å². The molecule has 0 aliphatic heterocycles. The molecule has 4 N–H and O–H groups in total. The lowest BCUT2D eigenvalue weighted by molar-refractivity contribution is 0.360. The second-order valence-electron chi connectivity index (χ2n) is 3.84. The van der Waals surface area contributed by atoms with Gasteiger partial charge in [-0.2, -0.15) is 4.39 Å². The van der Waals surface area contributed by atoms with Crippen LogP contribution in [-0.4, -0.2) is 10.2 Å². The van der Waals surface area contributed by atoms with E-state index in [4.69, 9.17) is 15.9 Å². The predicted molar refractivity (Wildman–Crippen MR) is 59.4 cm³/mol. The predicted octanol–water partition coefficient (Wildman–Crippen LogP) is 3.04. The Morgan fingerprint density at radius 1 is 0.750 bits per heavy atom. The quantitative estimate of drug-likeness (QED) is 0.249. The minimum atomic E-state index is -2.16. The molecule has 0 fully saturated rings. The molecule has 0 atom stereocenters. The lowest BCUT2D eigenvalue weighted by atomic mass is 10.0. The zero-order chi connectivity index (χ0) is 15.2. The second kappa shape index (κ2) is 4.55. The number of rotatable bonds is 1. The van der Waals surface area contributed by atoms with Gasteiger partial charge in [-0.3, -0.25) is 0 Å². The van der Waals surface area contributed by atoms with Crippen molar-refractivity contribution in [3.8, 4) is 22.6 Å². The summed E-state index contributed by atoms with van der Waals surface area (Å²) in [7, 11) is 0.